The highest BCUT2D eigenvalue weighted by Crippen LogP contribution is 2.27. The number of halogens is 1. The van der Waals surface area contributed by atoms with Gasteiger partial charge in [-0.15, -0.1) is 0 Å². The maximum absolute atomic E-state index is 12.8. The molecule has 0 aliphatic carbocycles. The Balaban J connectivity index is 2.28. The fourth-order valence-electron chi connectivity index (χ4n) is 2.41. The highest BCUT2D eigenvalue weighted by atomic mass is 35.5. The number of carbonyl (C=O) groups is 1. The van der Waals surface area contributed by atoms with Gasteiger partial charge in [0.25, 0.3) is 15.9 Å². The molecule has 0 saturated heterocycles. The summed E-state index contributed by atoms with van der Waals surface area (Å²) in [6.45, 7) is 4.87. The lowest BCUT2D eigenvalue weighted by atomic mass is 10.1. The molecule has 0 spiro atoms. The van der Waals surface area contributed by atoms with Gasteiger partial charge in [0.15, 0.2) is 0 Å². The number of anilines is 1. The molecule has 0 unspecified atom stereocenters. The minimum atomic E-state index is -3.94. The Bertz CT molecular complexity index is 943. The minimum Gasteiger partial charge on any atom is -0.351 e. The van der Waals surface area contributed by atoms with Crippen LogP contribution in [0.2, 0.25) is 5.02 Å². The number of sulfonamides is 1. The maximum Gasteiger partial charge on any atom is 0.263 e. The van der Waals surface area contributed by atoms with Crippen molar-refractivity contribution in [3.8, 4) is 0 Å². The second-order valence-electron chi connectivity index (χ2n) is 6.56. The van der Waals surface area contributed by atoms with Crippen LogP contribution in [0.4, 0.5) is 5.69 Å². The van der Waals surface area contributed by atoms with E-state index in [1.165, 1.54) is 18.2 Å². The Morgan fingerprint density at radius 1 is 1.15 bits per heavy atom. The first-order valence-electron chi connectivity index (χ1n) is 8.43. The summed E-state index contributed by atoms with van der Waals surface area (Å²) in [6.07, 6.45) is 0. The molecular formula is C19H24ClN3O3S. The van der Waals surface area contributed by atoms with Gasteiger partial charge in [-0.3, -0.25) is 9.52 Å². The van der Waals surface area contributed by atoms with Crippen molar-refractivity contribution in [3.05, 3.63) is 58.1 Å². The van der Waals surface area contributed by atoms with Crippen LogP contribution in [0, 0.1) is 13.8 Å². The molecule has 0 heterocycles. The normalized spacial score (nSPS) is 11.5. The smallest absolute Gasteiger partial charge is 0.263 e. The van der Waals surface area contributed by atoms with E-state index < -0.39 is 10.0 Å². The summed E-state index contributed by atoms with van der Waals surface area (Å²) in [5.74, 6) is -0.350. The summed E-state index contributed by atoms with van der Waals surface area (Å²) < 4.78 is 28.2. The number of hydrogen-bond donors (Lipinski definition) is 2. The van der Waals surface area contributed by atoms with E-state index in [4.69, 9.17) is 11.6 Å². The van der Waals surface area contributed by atoms with E-state index in [2.05, 4.69) is 10.0 Å². The molecule has 0 radical (unpaired) electrons. The molecule has 2 rings (SSSR count). The van der Waals surface area contributed by atoms with Gasteiger partial charge in [-0.05, 0) is 63.3 Å². The fourth-order valence-corrected chi connectivity index (χ4v) is 4.06. The maximum atomic E-state index is 12.8. The second kappa shape index (κ2) is 8.73. The molecule has 0 fully saturated rings. The van der Waals surface area contributed by atoms with Crippen LogP contribution in [0.25, 0.3) is 0 Å². The Labute approximate surface area is 165 Å². The number of rotatable bonds is 7. The predicted octanol–water partition coefficient (Wildman–Crippen LogP) is 3.05. The van der Waals surface area contributed by atoms with E-state index in [-0.39, 0.29) is 21.4 Å². The summed E-state index contributed by atoms with van der Waals surface area (Å²) in [4.78, 5) is 14.1. The lowest BCUT2D eigenvalue weighted by Crippen LogP contribution is -2.31. The first kappa shape index (κ1) is 21.2. The molecule has 0 aromatic heterocycles. The van der Waals surface area contributed by atoms with Crippen LogP contribution >= 0.6 is 11.6 Å². The number of likely N-dealkylation sites (N-methyl/N-ethyl adjacent to an activating group) is 1. The molecule has 2 aromatic carbocycles. The fraction of sp³-hybridized carbons (Fsp3) is 0.316. The Morgan fingerprint density at radius 3 is 2.52 bits per heavy atom. The van der Waals surface area contributed by atoms with Crippen LogP contribution in [0.5, 0.6) is 0 Å². The third kappa shape index (κ3) is 5.45. The molecule has 146 valence electrons. The van der Waals surface area contributed by atoms with Crippen molar-refractivity contribution in [1.29, 1.82) is 0 Å². The Hall–Kier alpha value is -2.09. The van der Waals surface area contributed by atoms with Crippen molar-refractivity contribution in [2.45, 2.75) is 18.7 Å². The van der Waals surface area contributed by atoms with Gasteiger partial charge in [0.05, 0.1) is 10.7 Å². The zero-order valence-corrected chi connectivity index (χ0v) is 17.4. The highest BCUT2D eigenvalue weighted by Gasteiger charge is 2.21. The summed E-state index contributed by atoms with van der Waals surface area (Å²) in [7, 11) is -0.142. The number of benzene rings is 2. The zero-order chi connectivity index (χ0) is 20.2. The monoisotopic (exact) mass is 409 g/mol. The van der Waals surface area contributed by atoms with Gasteiger partial charge in [-0.25, -0.2) is 8.42 Å². The van der Waals surface area contributed by atoms with E-state index in [0.29, 0.717) is 18.8 Å². The van der Waals surface area contributed by atoms with Crippen molar-refractivity contribution in [1.82, 2.24) is 10.2 Å². The zero-order valence-electron chi connectivity index (χ0n) is 15.8. The standard InChI is InChI=1S/C19H24ClN3O3S/c1-13-6-5-7-17(14(13)2)22-27(25,26)18-12-15(8-9-16(18)20)19(24)21-10-11-23(3)4/h5-9,12,22H,10-11H2,1-4H3,(H,21,24). The van der Waals surface area contributed by atoms with Gasteiger partial charge in [0.2, 0.25) is 0 Å². The number of aryl methyl sites for hydroxylation is 1. The van der Waals surface area contributed by atoms with Crippen molar-refractivity contribution in [2.24, 2.45) is 0 Å². The van der Waals surface area contributed by atoms with Gasteiger partial charge in [0.1, 0.15) is 4.90 Å². The molecule has 6 nitrogen and oxygen atoms in total. The molecule has 0 bridgehead atoms. The molecule has 0 atom stereocenters. The number of nitrogens with zero attached hydrogens (tertiary/aromatic N) is 1. The van der Waals surface area contributed by atoms with E-state index in [1.54, 1.807) is 12.1 Å². The van der Waals surface area contributed by atoms with Crippen molar-refractivity contribution >= 4 is 33.2 Å². The number of nitrogens with one attached hydrogen (secondary N) is 2. The minimum absolute atomic E-state index is 0.0534. The topological polar surface area (TPSA) is 78.5 Å². The third-order valence-corrected chi connectivity index (χ3v) is 6.02. The van der Waals surface area contributed by atoms with E-state index >= 15 is 0 Å². The lowest BCUT2D eigenvalue weighted by Gasteiger charge is -2.14. The lowest BCUT2D eigenvalue weighted by molar-refractivity contribution is 0.0951. The molecule has 2 aromatic rings. The van der Waals surface area contributed by atoms with E-state index in [1.807, 2.05) is 38.9 Å². The first-order chi connectivity index (χ1) is 12.6. The predicted molar refractivity (Wildman–Crippen MR) is 109 cm³/mol. The second-order valence-corrected chi connectivity index (χ2v) is 8.62. The van der Waals surface area contributed by atoms with Crippen LogP contribution in [0.3, 0.4) is 0 Å². The summed E-state index contributed by atoms with van der Waals surface area (Å²) in [5, 5.41) is 2.81. The van der Waals surface area contributed by atoms with Crippen LogP contribution in [0.1, 0.15) is 21.5 Å². The average Bonchev–Trinajstić information content (AvgIpc) is 2.58. The number of hydrogen-bond acceptors (Lipinski definition) is 4. The van der Waals surface area contributed by atoms with E-state index in [9.17, 15) is 13.2 Å². The number of carbonyl (C=O) groups excluding carboxylic acids is 1. The van der Waals surface area contributed by atoms with Crippen LogP contribution < -0.4 is 10.0 Å². The number of amides is 1. The van der Waals surface area contributed by atoms with Crippen molar-refractivity contribution in [2.75, 3.05) is 31.9 Å². The van der Waals surface area contributed by atoms with Crippen molar-refractivity contribution in [3.63, 3.8) is 0 Å². The van der Waals surface area contributed by atoms with Gasteiger partial charge < -0.3 is 10.2 Å². The SMILES string of the molecule is Cc1cccc(NS(=O)(=O)c2cc(C(=O)NCCN(C)C)ccc2Cl)c1C. The van der Waals surface area contributed by atoms with Crippen LogP contribution in [-0.4, -0.2) is 46.4 Å². The molecule has 1 amide bonds. The van der Waals surface area contributed by atoms with Crippen LogP contribution in [0.15, 0.2) is 41.3 Å². The quantitative estimate of drug-likeness (QED) is 0.736. The molecule has 27 heavy (non-hydrogen) atoms. The molecule has 0 saturated carbocycles. The first-order valence-corrected chi connectivity index (χ1v) is 10.3. The van der Waals surface area contributed by atoms with Gasteiger partial charge in [-0.1, -0.05) is 23.7 Å². The third-order valence-electron chi connectivity index (χ3n) is 4.18. The molecular weight excluding hydrogens is 386 g/mol. The largest absolute Gasteiger partial charge is 0.351 e. The van der Waals surface area contributed by atoms with Gasteiger partial charge >= 0.3 is 0 Å². The molecule has 0 aliphatic rings. The molecule has 2 N–H and O–H groups in total. The summed E-state index contributed by atoms with van der Waals surface area (Å²) >= 11 is 6.11. The highest BCUT2D eigenvalue weighted by molar-refractivity contribution is 7.92. The van der Waals surface area contributed by atoms with Gasteiger partial charge in [0, 0.05) is 18.7 Å². The Morgan fingerprint density at radius 2 is 1.85 bits per heavy atom. The van der Waals surface area contributed by atoms with Crippen LogP contribution in [-0.2, 0) is 10.0 Å². The molecule has 0 aliphatic heterocycles. The van der Waals surface area contributed by atoms with E-state index in [0.717, 1.165) is 11.1 Å². The summed E-state index contributed by atoms with van der Waals surface area (Å²) in [5.41, 5.74) is 2.51. The average molecular weight is 410 g/mol. The summed E-state index contributed by atoms with van der Waals surface area (Å²) in [6, 6.07) is 9.58. The Kier molecular flexibility index (Phi) is 6.86. The van der Waals surface area contributed by atoms with Crippen molar-refractivity contribution < 1.29 is 13.2 Å². The van der Waals surface area contributed by atoms with Gasteiger partial charge in [-0.2, -0.15) is 0 Å². The molecule has 8 heteroatoms.